The largest absolute Gasteiger partial charge is 0.435 e. The van der Waals surface area contributed by atoms with Gasteiger partial charge in [-0.1, -0.05) is 6.07 Å². The van der Waals surface area contributed by atoms with Gasteiger partial charge in [0, 0.05) is 16.6 Å². The molecule has 24 heavy (non-hydrogen) atoms. The second-order valence-electron chi connectivity index (χ2n) is 5.44. The van der Waals surface area contributed by atoms with Crippen molar-refractivity contribution in [2.75, 3.05) is 5.32 Å². The normalized spacial score (nSPS) is 10.9. The number of anilines is 2. The molecule has 0 atom stereocenters. The van der Waals surface area contributed by atoms with Crippen LogP contribution in [0.25, 0.3) is 11.3 Å². The van der Waals surface area contributed by atoms with E-state index in [2.05, 4.69) is 47.1 Å². The predicted molar refractivity (Wildman–Crippen MR) is 93.4 cm³/mol. The van der Waals surface area contributed by atoms with Crippen molar-refractivity contribution < 1.29 is 13.5 Å². The summed E-state index contributed by atoms with van der Waals surface area (Å²) < 4.78 is 28.7. The fourth-order valence-electron chi connectivity index (χ4n) is 2.44. The highest BCUT2D eigenvalue weighted by Gasteiger charge is 2.08. The van der Waals surface area contributed by atoms with Crippen LogP contribution in [0, 0.1) is 13.8 Å². The lowest BCUT2D eigenvalue weighted by molar-refractivity contribution is -0.0498. The zero-order chi connectivity index (χ0) is 17.1. The average Bonchev–Trinajstić information content (AvgIpc) is 2.94. The maximum Gasteiger partial charge on any atom is 0.387 e. The summed E-state index contributed by atoms with van der Waals surface area (Å²) in [4.78, 5) is 4.54. The molecule has 0 aliphatic rings. The summed E-state index contributed by atoms with van der Waals surface area (Å²) in [6.45, 7) is 1.28. The number of hydrogen-bond acceptors (Lipinski definition) is 4. The molecule has 0 bridgehead atoms. The Kier molecular flexibility index (Phi) is 4.76. The standard InChI is InChI=1S/C18H16F2N2OS/c1-11-7-12(2)9-14(8-11)21-18-22-16(10-24-18)13-3-5-15(6-4-13)23-17(19)20/h3-10,17H,1-2H3,(H,21,22). The Hall–Kier alpha value is -2.47. The van der Waals surface area contributed by atoms with Crippen molar-refractivity contribution in [3.8, 4) is 17.0 Å². The Morgan fingerprint density at radius 1 is 1.04 bits per heavy atom. The van der Waals surface area contributed by atoms with Crippen molar-refractivity contribution in [2.24, 2.45) is 0 Å². The SMILES string of the molecule is Cc1cc(C)cc(Nc2nc(-c3ccc(OC(F)F)cc3)cs2)c1. The number of rotatable bonds is 5. The number of hydrogen-bond donors (Lipinski definition) is 1. The average molecular weight is 346 g/mol. The monoisotopic (exact) mass is 346 g/mol. The second kappa shape index (κ2) is 6.97. The zero-order valence-corrected chi connectivity index (χ0v) is 14.0. The van der Waals surface area contributed by atoms with Crippen molar-refractivity contribution in [1.82, 2.24) is 4.98 Å². The van der Waals surface area contributed by atoms with Gasteiger partial charge in [-0.3, -0.25) is 0 Å². The molecule has 0 amide bonds. The molecule has 3 aromatic rings. The molecular weight excluding hydrogens is 330 g/mol. The predicted octanol–water partition coefficient (Wildman–Crippen LogP) is 5.77. The van der Waals surface area contributed by atoms with E-state index in [1.54, 1.807) is 12.1 Å². The Morgan fingerprint density at radius 2 is 1.71 bits per heavy atom. The summed E-state index contributed by atoms with van der Waals surface area (Å²) >= 11 is 1.49. The van der Waals surface area contributed by atoms with Crippen LogP contribution in [-0.4, -0.2) is 11.6 Å². The minimum atomic E-state index is -2.82. The summed E-state index contributed by atoms with van der Waals surface area (Å²) in [6, 6.07) is 12.7. The van der Waals surface area contributed by atoms with Crippen LogP contribution in [0.5, 0.6) is 5.75 Å². The van der Waals surface area contributed by atoms with E-state index in [4.69, 9.17) is 0 Å². The number of nitrogens with zero attached hydrogens (tertiary/aromatic N) is 1. The van der Waals surface area contributed by atoms with E-state index in [0.717, 1.165) is 22.1 Å². The van der Waals surface area contributed by atoms with Crippen LogP contribution in [0.2, 0.25) is 0 Å². The van der Waals surface area contributed by atoms with Crippen LogP contribution in [0.3, 0.4) is 0 Å². The molecule has 3 rings (SSSR count). The van der Waals surface area contributed by atoms with Crippen LogP contribution < -0.4 is 10.1 Å². The third-order valence-electron chi connectivity index (χ3n) is 3.35. The Labute approximate surface area is 142 Å². The highest BCUT2D eigenvalue weighted by Crippen LogP contribution is 2.29. The molecule has 2 aromatic carbocycles. The first-order chi connectivity index (χ1) is 11.5. The highest BCUT2D eigenvalue weighted by molar-refractivity contribution is 7.14. The van der Waals surface area contributed by atoms with Gasteiger partial charge in [0.15, 0.2) is 5.13 Å². The highest BCUT2D eigenvalue weighted by atomic mass is 32.1. The fraction of sp³-hybridized carbons (Fsp3) is 0.167. The molecule has 6 heteroatoms. The number of halogens is 2. The molecule has 0 aliphatic heterocycles. The molecule has 0 saturated heterocycles. The molecule has 0 spiro atoms. The smallest absolute Gasteiger partial charge is 0.387 e. The summed E-state index contributed by atoms with van der Waals surface area (Å²) in [6.07, 6.45) is 0. The van der Waals surface area contributed by atoms with Crippen molar-refractivity contribution in [2.45, 2.75) is 20.5 Å². The minimum absolute atomic E-state index is 0.137. The molecule has 1 heterocycles. The van der Waals surface area contributed by atoms with Gasteiger partial charge in [0.2, 0.25) is 0 Å². The number of ether oxygens (including phenoxy) is 1. The van der Waals surface area contributed by atoms with E-state index in [1.165, 1.54) is 34.6 Å². The molecule has 0 aliphatic carbocycles. The first-order valence-corrected chi connectivity index (χ1v) is 8.24. The van der Waals surface area contributed by atoms with Gasteiger partial charge in [-0.25, -0.2) is 4.98 Å². The Bertz CT molecular complexity index is 811. The van der Waals surface area contributed by atoms with E-state index in [1.807, 2.05) is 5.38 Å². The van der Waals surface area contributed by atoms with Gasteiger partial charge in [0.25, 0.3) is 0 Å². The summed E-state index contributed by atoms with van der Waals surface area (Å²) in [5, 5.41) is 6.00. The van der Waals surface area contributed by atoms with Gasteiger partial charge >= 0.3 is 6.61 Å². The fourth-order valence-corrected chi connectivity index (χ4v) is 3.18. The Morgan fingerprint density at radius 3 is 2.33 bits per heavy atom. The van der Waals surface area contributed by atoms with Crippen molar-refractivity contribution in [1.29, 1.82) is 0 Å². The van der Waals surface area contributed by atoms with Gasteiger partial charge < -0.3 is 10.1 Å². The lowest BCUT2D eigenvalue weighted by Gasteiger charge is -2.06. The molecule has 1 N–H and O–H groups in total. The number of thiazole rings is 1. The van der Waals surface area contributed by atoms with Crippen LogP contribution in [-0.2, 0) is 0 Å². The third kappa shape index (κ3) is 4.08. The van der Waals surface area contributed by atoms with Crippen LogP contribution in [0.1, 0.15) is 11.1 Å². The van der Waals surface area contributed by atoms with Crippen molar-refractivity contribution in [3.05, 3.63) is 59.0 Å². The minimum Gasteiger partial charge on any atom is -0.435 e. The summed E-state index contributed by atoms with van der Waals surface area (Å²) in [5.41, 5.74) is 5.00. The summed E-state index contributed by atoms with van der Waals surface area (Å²) in [5.74, 6) is 0.137. The van der Waals surface area contributed by atoms with E-state index < -0.39 is 6.61 Å². The topological polar surface area (TPSA) is 34.2 Å². The molecule has 124 valence electrons. The molecule has 1 aromatic heterocycles. The van der Waals surface area contributed by atoms with E-state index in [-0.39, 0.29) is 5.75 Å². The van der Waals surface area contributed by atoms with Gasteiger partial charge in [-0.05, 0) is 61.4 Å². The lowest BCUT2D eigenvalue weighted by atomic mass is 10.1. The van der Waals surface area contributed by atoms with Gasteiger partial charge in [0.05, 0.1) is 5.69 Å². The summed E-state index contributed by atoms with van der Waals surface area (Å²) in [7, 11) is 0. The Balaban J connectivity index is 1.75. The van der Waals surface area contributed by atoms with E-state index in [9.17, 15) is 8.78 Å². The number of aryl methyl sites for hydroxylation is 2. The maximum atomic E-state index is 12.2. The van der Waals surface area contributed by atoms with Crippen LogP contribution in [0.4, 0.5) is 19.6 Å². The lowest BCUT2D eigenvalue weighted by Crippen LogP contribution is -2.01. The van der Waals surface area contributed by atoms with Gasteiger partial charge in [0.1, 0.15) is 5.75 Å². The van der Waals surface area contributed by atoms with Gasteiger partial charge in [-0.2, -0.15) is 8.78 Å². The quantitative estimate of drug-likeness (QED) is 0.636. The molecule has 0 fully saturated rings. The molecule has 3 nitrogen and oxygen atoms in total. The van der Waals surface area contributed by atoms with Crippen molar-refractivity contribution >= 4 is 22.2 Å². The number of benzene rings is 2. The van der Waals surface area contributed by atoms with Gasteiger partial charge in [-0.15, -0.1) is 11.3 Å². The van der Waals surface area contributed by atoms with E-state index in [0.29, 0.717) is 0 Å². The number of aromatic nitrogens is 1. The number of nitrogens with one attached hydrogen (secondary N) is 1. The first kappa shape index (κ1) is 16.4. The molecule has 0 radical (unpaired) electrons. The van der Waals surface area contributed by atoms with Crippen molar-refractivity contribution in [3.63, 3.8) is 0 Å². The van der Waals surface area contributed by atoms with Crippen LogP contribution >= 0.6 is 11.3 Å². The zero-order valence-electron chi connectivity index (χ0n) is 13.2. The second-order valence-corrected chi connectivity index (χ2v) is 6.30. The molecular formula is C18H16F2N2OS. The molecule has 0 saturated carbocycles. The molecule has 0 unspecified atom stereocenters. The third-order valence-corrected chi connectivity index (χ3v) is 4.11. The van der Waals surface area contributed by atoms with Crippen LogP contribution in [0.15, 0.2) is 47.8 Å². The number of alkyl halides is 2. The maximum absolute atomic E-state index is 12.2. The first-order valence-electron chi connectivity index (χ1n) is 7.36. The van der Waals surface area contributed by atoms with E-state index >= 15 is 0 Å².